The molecule has 19 heteroatoms. The Balaban J connectivity index is 5.25. The average Bonchev–Trinajstić information content (AvgIpc) is 1.24. The van der Waals surface area contributed by atoms with Crippen LogP contribution in [0, 0.1) is 11.8 Å². The van der Waals surface area contributed by atoms with Crippen LogP contribution in [0.1, 0.15) is 401 Å². The lowest BCUT2D eigenvalue weighted by atomic mass is 10.0. The van der Waals surface area contributed by atoms with E-state index in [1.54, 1.807) is 0 Å². The van der Waals surface area contributed by atoms with Crippen LogP contribution in [0.15, 0.2) is 0 Å². The van der Waals surface area contributed by atoms with Gasteiger partial charge in [-0.05, 0) is 37.5 Å². The lowest BCUT2D eigenvalue weighted by Gasteiger charge is -2.21. The van der Waals surface area contributed by atoms with Crippen molar-refractivity contribution in [1.82, 2.24) is 0 Å². The molecule has 0 radical (unpaired) electrons. The Morgan fingerprint density at radius 2 is 0.479 bits per heavy atom. The van der Waals surface area contributed by atoms with Crippen LogP contribution in [-0.2, 0) is 65.4 Å². The van der Waals surface area contributed by atoms with Crippen LogP contribution in [0.25, 0.3) is 0 Å². The molecule has 0 rings (SSSR count). The highest BCUT2D eigenvalue weighted by Crippen LogP contribution is 2.45. The first-order valence-electron chi connectivity index (χ1n) is 40.0. The highest BCUT2D eigenvalue weighted by molar-refractivity contribution is 7.47. The van der Waals surface area contributed by atoms with Gasteiger partial charge in [0.2, 0.25) is 0 Å². The molecule has 0 aliphatic rings. The Morgan fingerprint density at radius 1 is 0.281 bits per heavy atom. The summed E-state index contributed by atoms with van der Waals surface area (Å²) in [6.45, 7) is 9.60. The van der Waals surface area contributed by atoms with Crippen molar-refractivity contribution in [3.63, 3.8) is 0 Å². The molecule has 3 N–H and O–H groups in total. The lowest BCUT2D eigenvalue weighted by Crippen LogP contribution is -2.30. The van der Waals surface area contributed by atoms with Crippen molar-refractivity contribution in [1.29, 1.82) is 0 Å². The Labute approximate surface area is 588 Å². The second-order valence-electron chi connectivity index (χ2n) is 28.7. The van der Waals surface area contributed by atoms with Gasteiger partial charge in [0.25, 0.3) is 0 Å². The van der Waals surface area contributed by atoms with Gasteiger partial charge in [0.05, 0.1) is 26.4 Å². The van der Waals surface area contributed by atoms with Crippen LogP contribution in [0.4, 0.5) is 0 Å². The van der Waals surface area contributed by atoms with E-state index in [1.165, 1.54) is 218 Å². The fraction of sp³-hybridized carbons (Fsp3) is 0.948. The zero-order valence-electron chi connectivity index (χ0n) is 62.7. The number of rotatable bonds is 76. The van der Waals surface area contributed by atoms with Gasteiger partial charge < -0.3 is 33.8 Å². The number of ether oxygens (including phenoxy) is 4. The van der Waals surface area contributed by atoms with Gasteiger partial charge in [-0.1, -0.05) is 350 Å². The number of aliphatic hydroxyl groups excluding tert-OH is 1. The van der Waals surface area contributed by atoms with E-state index < -0.39 is 97.5 Å². The van der Waals surface area contributed by atoms with E-state index in [4.69, 9.17) is 37.0 Å². The van der Waals surface area contributed by atoms with Crippen LogP contribution < -0.4 is 0 Å². The second-order valence-corrected chi connectivity index (χ2v) is 31.6. The molecular weight excluding hydrogens is 1260 g/mol. The van der Waals surface area contributed by atoms with Crippen molar-refractivity contribution in [3.05, 3.63) is 0 Å². The molecule has 0 aliphatic heterocycles. The Morgan fingerprint density at radius 3 is 0.708 bits per heavy atom. The number of phosphoric ester groups is 2. The number of carbonyl (C=O) groups is 4. The lowest BCUT2D eigenvalue weighted by molar-refractivity contribution is -0.161. The van der Waals surface area contributed by atoms with Gasteiger partial charge in [-0.2, -0.15) is 0 Å². The van der Waals surface area contributed by atoms with E-state index in [2.05, 4.69) is 41.5 Å². The van der Waals surface area contributed by atoms with Gasteiger partial charge in [-0.15, -0.1) is 0 Å². The number of aliphatic hydroxyl groups is 1. The molecule has 0 aromatic carbocycles. The van der Waals surface area contributed by atoms with Crippen molar-refractivity contribution >= 4 is 39.5 Å². The normalized spacial score (nSPS) is 14.0. The Hall–Kier alpha value is -1.94. The summed E-state index contributed by atoms with van der Waals surface area (Å²) < 4.78 is 68.6. The molecule has 0 saturated heterocycles. The number of esters is 4. The first-order chi connectivity index (χ1) is 46.4. The summed E-state index contributed by atoms with van der Waals surface area (Å²) in [5.41, 5.74) is 0. The Bertz CT molecular complexity index is 1860. The zero-order valence-corrected chi connectivity index (χ0v) is 64.5. The molecule has 0 aromatic rings. The minimum atomic E-state index is -4.96. The van der Waals surface area contributed by atoms with Crippen LogP contribution in [0.2, 0.25) is 0 Å². The SMILES string of the molecule is CCCCCCCCCCCCCCCCCCCCC(=O)O[C@H](COC(=O)CCCCCCCCCCCCCC(C)C)COP(=O)(O)OC[C@@H](O)COP(=O)(O)OC[C@@H](COC(=O)CCCCCCCCCCCCC)OC(=O)CCCCCCCCCCCCC(C)C. The minimum absolute atomic E-state index is 0.106. The molecule has 0 heterocycles. The predicted molar refractivity (Wildman–Crippen MR) is 391 cm³/mol. The van der Waals surface area contributed by atoms with E-state index in [0.717, 1.165) is 102 Å². The smallest absolute Gasteiger partial charge is 0.462 e. The van der Waals surface area contributed by atoms with Gasteiger partial charge >= 0.3 is 39.5 Å². The van der Waals surface area contributed by atoms with Crippen molar-refractivity contribution in [3.8, 4) is 0 Å². The van der Waals surface area contributed by atoms with E-state index in [-0.39, 0.29) is 25.7 Å². The largest absolute Gasteiger partial charge is 0.472 e. The molecule has 5 atom stereocenters. The summed E-state index contributed by atoms with van der Waals surface area (Å²) in [6, 6.07) is 0. The van der Waals surface area contributed by atoms with Crippen molar-refractivity contribution in [2.45, 2.75) is 419 Å². The van der Waals surface area contributed by atoms with E-state index >= 15 is 0 Å². The van der Waals surface area contributed by atoms with Crippen molar-refractivity contribution < 1.29 is 80.2 Å². The van der Waals surface area contributed by atoms with Crippen LogP contribution in [-0.4, -0.2) is 96.7 Å². The quantitative estimate of drug-likeness (QED) is 0.0222. The molecule has 96 heavy (non-hydrogen) atoms. The maximum absolute atomic E-state index is 13.1. The van der Waals surface area contributed by atoms with Crippen LogP contribution >= 0.6 is 15.6 Å². The zero-order chi connectivity index (χ0) is 70.7. The van der Waals surface area contributed by atoms with Gasteiger partial charge in [0.15, 0.2) is 12.2 Å². The summed E-state index contributed by atoms with van der Waals surface area (Å²) >= 11 is 0. The van der Waals surface area contributed by atoms with Crippen LogP contribution in [0.5, 0.6) is 0 Å². The van der Waals surface area contributed by atoms with Gasteiger partial charge in [0, 0.05) is 25.7 Å². The molecule has 2 unspecified atom stereocenters. The second kappa shape index (κ2) is 68.8. The fourth-order valence-electron chi connectivity index (χ4n) is 11.8. The third-order valence-corrected chi connectivity index (χ3v) is 19.9. The first kappa shape index (κ1) is 94.1. The number of phosphoric acid groups is 2. The molecule has 0 saturated carbocycles. The maximum atomic E-state index is 13.1. The highest BCUT2D eigenvalue weighted by atomic mass is 31.2. The molecule has 570 valence electrons. The highest BCUT2D eigenvalue weighted by Gasteiger charge is 2.30. The average molecular weight is 1410 g/mol. The molecule has 0 fully saturated rings. The summed E-state index contributed by atoms with van der Waals surface area (Å²) in [5.74, 6) is -0.590. The Kier molecular flexibility index (Phi) is 67.4. The standard InChI is InChI=1S/C77H150O17P2/c1-7-9-11-13-15-17-19-20-21-22-23-24-25-29-37-43-49-55-61-76(81)93-72(66-88-75(80)60-54-48-42-36-30-26-28-33-39-45-51-57-69(3)4)67-91-95(83,84)89-63-71(78)64-90-96(85,86)92-68-73(65-87-74(79)59-53-47-41-35-27-18-16-14-12-10-8-2)94-77(82)62-56-50-44-38-32-31-34-40-46-52-58-70(5)6/h69-73,78H,7-68H2,1-6H3,(H,83,84)(H,85,86)/t71-,72-,73-/m1/s1. The molecule has 0 aromatic heterocycles. The molecule has 0 bridgehead atoms. The summed E-state index contributed by atoms with van der Waals surface area (Å²) in [7, 11) is -9.91. The summed E-state index contributed by atoms with van der Waals surface area (Å²) in [5, 5.41) is 10.6. The summed E-state index contributed by atoms with van der Waals surface area (Å²) in [4.78, 5) is 72.9. The van der Waals surface area contributed by atoms with Crippen LogP contribution in [0.3, 0.4) is 0 Å². The number of carbonyl (C=O) groups excluding carboxylic acids is 4. The van der Waals surface area contributed by atoms with Gasteiger partial charge in [-0.3, -0.25) is 37.3 Å². The minimum Gasteiger partial charge on any atom is -0.462 e. The first-order valence-corrected chi connectivity index (χ1v) is 43.0. The van der Waals surface area contributed by atoms with Crippen molar-refractivity contribution in [2.24, 2.45) is 11.8 Å². The van der Waals surface area contributed by atoms with Crippen molar-refractivity contribution in [2.75, 3.05) is 39.6 Å². The predicted octanol–water partition coefficient (Wildman–Crippen LogP) is 22.7. The molecule has 17 nitrogen and oxygen atoms in total. The fourth-order valence-corrected chi connectivity index (χ4v) is 13.4. The molecular formula is C77H150O17P2. The van der Waals surface area contributed by atoms with E-state index in [1.807, 2.05) is 0 Å². The third kappa shape index (κ3) is 70.5. The third-order valence-electron chi connectivity index (χ3n) is 18.0. The number of hydrogen-bond acceptors (Lipinski definition) is 15. The molecule has 0 aliphatic carbocycles. The van der Waals surface area contributed by atoms with Gasteiger partial charge in [-0.25, -0.2) is 9.13 Å². The maximum Gasteiger partial charge on any atom is 0.472 e. The molecule has 0 amide bonds. The van der Waals surface area contributed by atoms with E-state index in [9.17, 15) is 43.2 Å². The summed E-state index contributed by atoms with van der Waals surface area (Å²) in [6.07, 6.45) is 56.8. The monoisotopic (exact) mass is 1410 g/mol. The number of unbranched alkanes of at least 4 members (excludes halogenated alkanes) is 46. The van der Waals surface area contributed by atoms with Gasteiger partial charge in [0.1, 0.15) is 19.3 Å². The van der Waals surface area contributed by atoms with E-state index in [0.29, 0.717) is 25.7 Å². The topological polar surface area (TPSA) is 237 Å². The number of hydrogen-bond donors (Lipinski definition) is 3. The molecule has 0 spiro atoms.